The number of nitrogen functional groups attached to an aromatic ring is 1. The Kier molecular flexibility index (Phi) is 6.19. The maximum Gasteiger partial charge on any atom is 0.271 e. The molecule has 0 radical (unpaired) electrons. The second-order valence-corrected chi connectivity index (χ2v) is 6.22. The minimum atomic E-state index is -1.68. The highest BCUT2D eigenvalue weighted by Gasteiger charge is 2.39. The average Bonchev–Trinajstić information content (AvgIpc) is 2.66. The zero-order chi connectivity index (χ0) is 20.0. The van der Waals surface area contributed by atoms with Crippen molar-refractivity contribution in [3.8, 4) is 11.8 Å². The number of aliphatic hydroxyl groups is 1. The third-order valence-corrected chi connectivity index (χ3v) is 4.19. The molecule has 6 N–H and O–H groups in total. The van der Waals surface area contributed by atoms with Crippen LogP contribution in [-0.2, 0) is 4.79 Å². The fourth-order valence-corrected chi connectivity index (χ4v) is 2.19. The Morgan fingerprint density at radius 1 is 1.04 bits per heavy atom. The molecule has 0 spiro atoms. The van der Waals surface area contributed by atoms with Crippen molar-refractivity contribution in [1.29, 1.82) is 0 Å². The first kappa shape index (κ1) is 20.0. The summed E-state index contributed by atoms with van der Waals surface area (Å²) in [5, 5.41) is 21.1. The van der Waals surface area contributed by atoms with Crippen LogP contribution in [-0.4, -0.2) is 33.8 Å². The largest absolute Gasteiger partial charge is 0.399 e. The van der Waals surface area contributed by atoms with Crippen molar-refractivity contribution in [2.24, 2.45) is 0 Å². The molecule has 0 fully saturated rings. The molecule has 0 heterocycles. The Balaban J connectivity index is 2.13. The van der Waals surface area contributed by atoms with Crippen LogP contribution >= 0.6 is 0 Å². The molecule has 2 atom stereocenters. The van der Waals surface area contributed by atoms with Gasteiger partial charge in [0.1, 0.15) is 5.54 Å². The van der Waals surface area contributed by atoms with Gasteiger partial charge in [-0.3, -0.25) is 14.8 Å². The van der Waals surface area contributed by atoms with Crippen LogP contribution in [0.2, 0.25) is 0 Å². The summed E-state index contributed by atoms with van der Waals surface area (Å²) in [5.41, 5.74) is 7.86. The van der Waals surface area contributed by atoms with Crippen molar-refractivity contribution in [3.63, 3.8) is 0 Å². The molecule has 0 aliphatic rings. The van der Waals surface area contributed by atoms with E-state index < -0.39 is 23.5 Å². The van der Waals surface area contributed by atoms with Crippen molar-refractivity contribution in [2.45, 2.75) is 25.5 Å². The zero-order valence-electron chi connectivity index (χ0n) is 15.0. The summed E-state index contributed by atoms with van der Waals surface area (Å²) in [6.07, 6.45) is -1.22. The number of benzene rings is 2. The highest BCUT2D eigenvalue weighted by atomic mass is 16.5. The van der Waals surface area contributed by atoms with Crippen LogP contribution in [0.1, 0.15) is 35.3 Å². The van der Waals surface area contributed by atoms with Gasteiger partial charge in [-0.05, 0) is 62.4 Å². The third kappa shape index (κ3) is 4.85. The first-order valence-electron chi connectivity index (χ1n) is 8.19. The maximum absolute atomic E-state index is 12.4. The summed E-state index contributed by atoms with van der Waals surface area (Å²) in [7, 11) is 0. The summed E-state index contributed by atoms with van der Waals surface area (Å²) < 4.78 is 0. The van der Waals surface area contributed by atoms with Gasteiger partial charge in [0, 0.05) is 22.4 Å². The van der Waals surface area contributed by atoms with E-state index in [0.717, 1.165) is 5.56 Å². The molecule has 7 nitrogen and oxygen atoms in total. The molecule has 0 saturated carbocycles. The number of hydroxylamine groups is 1. The highest BCUT2D eigenvalue weighted by molar-refractivity contribution is 5.99. The van der Waals surface area contributed by atoms with E-state index in [2.05, 4.69) is 17.2 Å². The summed E-state index contributed by atoms with van der Waals surface area (Å²) in [5.74, 6) is 4.48. The molecule has 0 aliphatic heterocycles. The maximum atomic E-state index is 12.4. The lowest BCUT2D eigenvalue weighted by atomic mass is 9.94. The number of nitrogens with two attached hydrogens (primary N) is 1. The number of nitrogens with one attached hydrogen (secondary N) is 2. The van der Waals surface area contributed by atoms with Crippen LogP contribution in [0.15, 0.2) is 48.5 Å². The molecule has 2 aromatic carbocycles. The average molecular weight is 367 g/mol. The first-order valence-corrected chi connectivity index (χ1v) is 8.19. The minimum Gasteiger partial charge on any atom is -0.399 e. The predicted octanol–water partition coefficient (Wildman–Crippen LogP) is 1.04. The van der Waals surface area contributed by atoms with Crippen molar-refractivity contribution in [2.75, 3.05) is 5.73 Å². The van der Waals surface area contributed by atoms with Crippen molar-refractivity contribution in [3.05, 3.63) is 65.2 Å². The lowest BCUT2D eigenvalue weighted by molar-refractivity contribution is -0.139. The van der Waals surface area contributed by atoms with Gasteiger partial charge < -0.3 is 16.2 Å². The molecular weight excluding hydrogens is 346 g/mol. The van der Waals surface area contributed by atoms with Gasteiger partial charge in [0.05, 0.1) is 6.10 Å². The first-order chi connectivity index (χ1) is 12.8. The molecule has 2 aromatic rings. The van der Waals surface area contributed by atoms with Crippen LogP contribution in [0.3, 0.4) is 0 Å². The second-order valence-electron chi connectivity index (χ2n) is 6.22. The Morgan fingerprint density at radius 3 is 1.96 bits per heavy atom. The molecule has 7 heteroatoms. The van der Waals surface area contributed by atoms with Gasteiger partial charge in [0.15, 0.2) is 0 Å². The molecular formula is C20H21N3O4. The van der Waals surface area contributed by atoms with Gasteiger partial charge in [0.25, 0.3) is 11.8 Å². The van der Waals surface area contributed by atoms with Gasteiger partial charge in [0.2, 0.25) is 0 Å². The fourth-order valence-electron chi connectivity index (χ4n) is 2.19. The molecule has 0 bridgehead atoms. The lowest BCUT2D eigenvalue weighted by Crippen LogP contribution is -2.62. The van der Waals surface area contributed by atoms with E-state index in [1.54, 1.807) is 36.4 Å². The van der Waals surface area contributed by atoms with Crippen LogP contribution in [0, 0.1) is 11.8 Å². The van der Waals surface area contributed by atoms with E-state index in [1.807, 2.05) is 12.1 Å². The number of hydrogen-bond donors (Lipinski definition) is 5. The van der Waals surface area contributed by atoms with Crippen molar-refractivity contribution in [1.82, 2.24) is 10.8 Å². The quantitative estimate of drug-likeness (QED) is 0.239. The van der Waals surface area contributed by atoms with Crippen LogP contribution < -0.4 is 16.5 Å². The highest BCUT2D eigenvalue weighted by Crippen LogP contribution is 2.13. The molecule has 27 heavy (non-hydrogen) atoms. The summed E-state index contributed by atoms with van der Waals surface area (Å²) >= 11 is 0. The van der Waals surface area contributed by atoms with E-state index in [0.29, 0.717) is 11.3 Å². The van der Waals surface area contributed by atoms with Gasteiger partial charge in [-0.15, -0.1) is 0 Å². The van der Waals surface area contributed by atoms with Crippen molar-refractivity contribution < 1.29 is 19.9 Å². The van der Waals surface area contributed by atoms with E-state index in [1.165, 1.54) is 19.3 Å². The molecule has 2 amide bonds. The Morgan fingerprint density at radius 2 is 1.52 bits per heavy atom. The zero-order valence-corrected chi connectivity index (χ0v) is 15.0. The number of rotatable bonds is 4. The van der Waals surface area contributed by atoms with Gasteiger partial charge in [-0.25, -0.2) is 5.48 Å². The standard InChI is InChI=1S/C20H21N3O4/c1-13(24)20(2,19(26)23-27)22-18(25)16-9-5-14(6-10-16)3-4-15-7-11-17(21)12-8-15/h5-13,24,27H,21H2,1-2H3,(H,22,25)(H,23,26). The smallest absolute Gasteiger partial charge is 0.271 e. The molecule has 140 valence electrons. The van der Waals surface area contributed by atoms with E-state index >= 15 is 0 Å². The monoisotopic (exact) mass is 367 g/mol. The third-order valence-electron chi connectivity index (χ3n) is 4.19. The number of amides is 2. The Bertz CT molecular complexity index is 880. The van der Waals surface area contributed by atoms with E-state index in [4.69, 9.17) is 10.9 Å². The number of hydrogen-bond acceptors (Lipinski definition) is 5. The lowest BCUT2D eigenvalue weighted by Gasteiger charge is -2.31. The number of carbonyl (C=O) groups is 2. The SMILES string of the molecule is CC(O)C(C)(NC(=O)c1ccc(C#Cc2ccc(N)cc2)cc1)C(=O)NO. The topological polar surface area (TPSA) is 125 Å². The molecule has 0 aliphatic carbocycles. The molecule has 0 saturated heterocycles. The summed E-state index contributed by atoms with van der Waals surface area (Å²) in [6.45, 7) is 2.65. The summed E-state index contributed by atoms with van der Waals surface area (Å²) in [6, 6.07) is 13.6. The molecule has 2 unspecified atom stereocenters. The fraction of sp³-hybridized carbons (Fsp3) is 0.200. The van der Waals surface area contributed by atoms with E-state index in [-0.39, 0.29) is 5.56 Å². The molecule has 0 aromatic heterocycles. The van der Waals surface area contributed by atoms with Crippen LogP contribution in [0.25, 0.3) is 0 Å². The summed E-state index contributed by atoms with van der Waals surface area (Å²) in [4.78, 5) is 24.2. The van der Waals surface area contributed by atoms with Crippen LogP contribution in [0.4, 0.5) is 5.69 Å². The van der Waals surface area contributed by atoms with E-state index in [9.17, 15) is 14.7 Å². The van der Waals surface area contributed by atoms with Gasteiger partial charge >= 0.3 is 0 Å². The van der Waals surface area contributed by atoms with Gasteiger partial charge in [-0.1, -0.05) is 11.8 Å². The minimum absolute atomic E-state index is 0.283. The normalized spacial score (nSPS) is 13.5. The predicted molar refractivity (Wildman–Crippen MR) is 101 cm³/mol. The number of anilines is 1. The Hall–Kier alpha value is -3.34. The molecule has 2 rings (SSSR count). The van der Waals surface area contributed by atoms with Crippen LogP contribution in [0.5, 0.6) is 0 Å². The van der Waals surface area contributed by atoms with Crippen molar-refractivity contribution >= 4 is 17.5 Å². The second kappa shape index (κ2) is 8.36. The number of carbonyl (C=O) groups excluding carboxylic acids is 2. The number of aliphatic hydroxyl groups excluding tert-OH is 1. The van der Waals surface area contributed by atoms with Gasteiger partial charge in [-0.2, -0.15) is 0 Å². The Labute approximate surface area is 157 Å².